The van der Waals surface area contributed by atoms with Gasteiger partial charge in [0.15, 0.2) is 0 Å². The summed E-state index contributed by atoms with van der Waals surface area (Å²) in [5.74, 6) is 0.112. The molecule has 1 N–H and O–H groups in total. The second-order valence-corrected chi connectivity index (χ2v) is 5.44. The van der Waals surface area contributed by atoms with Crippen molar-refractivity contribution >= 4 is 11.8 Å². The third kappa shape index (κ3) is 2.34. The van der Waals surface area contributed by atoms with Crippen LogP contribution in [0.15, 0.2) is 18.5 Å². The number of amides is 2. The van der Waals surface area contributed by atoms with E-state index in [9.17, 15) is 9.59 Å². The average molecular weight is 262 g/mol. The molecule has 1 aromatic rings. The summed E-state index contributed by atoms with van der Waals surface area (Å²) < 4.78 is 1.95. The third-order valence-electron chi connectivity index (χ3n) is 4.06. The van der Waals surface area contributed by atoms with E-state index < -0.39 is 0 Å². The van der Waals surface area contributed by atoms with Crippen molar-refractivity contribution in [2.45, 2.75) is 31.8 Å². The number of carbonyl (C=O) groups is 2. The molecule has 6 nitrogen and oxygen atoms in total. The zero-order valence-corrected chi connectivity index (χ0v) is 11.0. The van der Waals surface area contributed by atoms with Crippen molar-refractivity contribution in [3.63, 3.8) is 0 Å². The molecular weight excluding hydrogens is 244 g/mol. The summed E-state index contributed by atoms with van der Waals surface area (Å²) in [6, 6.07) is 2.58. The lowest BCUT2D eigenvalue weighted by Gasteiger charge is -2.41. The summed E-state index contributed by atoms with van der Waals surface area (Å²) in [6.45, 7) is 2.67. The first kappa shape index (κ1) is 12.2. The first-order chi connectivity index (χ1) is 9.13. The van der Waals surface area contributed by atoms with Gasteiger partial charge in [0.05, 0.1) is 12.0 Å². The molecule has 1 saturated carbocycles. The normalized spacial score (nSPS) is 26.5. The molecule has 102 valence electrons. The van der Waals surface area contributed by atoms with Gasteiger partial charge in [-0.15, -0.1) is 0 Å². The lowest BCUT2D eigenvalue weighted by molar-refractivity contribution is -0.141. The molecule has 2 aliphatic rings. The van der Waals surface area contributed by atoms with Crippen LogP contribution in [-0.2, 0) is 9.59 Å². The van der Waals surface area contributed by atoms with E-state index in [4.69, 9.17) is 0 Å². The van der Waals surface area contributed by atoms with Crippen LogP contribution in [0.2, 0.25) is 0 Å². The van der Waals surface area contributed by atoms with Gasteiger partial charge in [-0.3, -0.25) is 14.3 Å². The van der Waals surface area contributed by atoms with Gasteiger partial charge in [-0.25, -0.2) is 0 Å². The topological polar surface area (TPSA) is 67.2 Å². The van der Waals surface area contributed by atoms with Crippen molar-refractivity contribution in [1.29, 1.82) is 0 Å². The molecule has 0 aromatic carbocycles. The maximum atomic E-state index is 11.9. The zero-order valence-electron chi connectivity index (χ0n) is 11.0. The fraction of sp³-hybridized carbons (Fsp3) is 0.615. The lowest BCUT2D eigenvalue weighted by atomic mass is 9.86. The quantitative estimate of drug-likeness (QED) is 0.845. The smallest absolute Gasteiger partial charge is 0.226 e. The Morgan fingerprint density at radius 3 is 2.63 bits per heavy atom. The van der Waals surface area contributed by atoms with E-state index in [0.29, 0.717) is 19.1 Å². The molecule has 1 aliphatic heterocycles. The van der Waals surface area contributed by atoms with Gasteiger partial charge < -0.3 is 10.2 Å². The van der Waals surface area contributed by atoms with Gasteiger partial charge in [-0.1, -0.05) is 0 Å². The SMILES string of the molecule is CC(=O)N1CC(C(=O)NC2CC(n3cccn3)C2)C1. The molecule has 19 heavy (non-hydrogen) atoms. The number of carbonyl (C=O) groups excluding carboxylic acids is 2. The van der Waals surface area contributed by atoms with E-state index in [-0.39, 0.29) is 23.8 Å². The molecule has 1 saturated heterocycles. The van der Waals surface area contributed by atoms with Gasteiger partial charge in [0.1, 0.15) is 0 Å². The highest BCUT2D eigenvalue weighted by atomic mass is 16.2. The molecule has 2 heterocycles. The number of nitrogens with one attached hydrogen (secondary N) is 1. The van der Waals surface area contributed by atoms with Crippen LogP contribution in [0.4, 0.5) is 0 Å². The van der Waals surface area contributed by atoms with E-state index in [0.717, 1.165) is 12.8 Å². The largest absolute Gasteiger partial charge is 0.353 e. The summed E-state index contributed by atoms with van der Waals surface area (Å²) in [5.41, 5.74) is 0. The molecule has 0 bridgehead atoms. The summed E-state index contributed by atoms with van der Waals surface area (Å²) >= 11 is 0. The van der Waals surface area contributed by atoms with Gasteiger partial charge in [-0.05, 0) is 18.9 Å². The van der Waals surface area contributed by atoms with E-state index in [1.165, 1.54) is 6.92 Å². The van der Waals surface area contributed by atoms with Crippen LogP contribution >= 0.6 is 0 Å². The molecule has 0 atom stereocenters. The Bertz CT molecular complexity index is 473. The fourth-order valence-electron chi connectivity index (χ4n) is 2.64. The van der Waals surface area contributed by atoms with Gasteiger partial charge in [0.2, 0.25) is 11.8 Å². The summed E-state index contributed by atoms with van der Waals surface area (Å²) in [4.78, 5) is 24.7. The fourth-order valence-corrected chi connectivity index (χ4v) is 2.64. The first-order valence-corrected chi connectivity index (χ1v) is 6.68. The minimum absolute atomic E-state index is 0.0207. The Balaban J connectivity index is 1.40. The van der Waals surface area contributed by atoms with Crippen molar-refractivity contribution in [2.24, 2.45) is 5.92 Å². The molecule has 0 spiro atoms. The number of hydrogen-bond donors (Lipinski definition) is 1. The highest BCUT2D eigenvalue weighted by molar-refractivity contribution is 5.83. The van der Waals surface area contributed by atoms with Gasteiger partial charge in [0, 0.05) is 38.4 Å². The first-order valence-electron chi connectivity index (χ1n) is 6.68. The van der Waals surface area contributed by atoms with E-state index in [1.807, 2.05) is 16.9 Å². The maximum absolute atomic E-state index is 11.9. The predicted octanol–water partition coefficient (Wildman–Crippen LogP) is 0.181. The Labute approximate surface area is 111 Å². The summed E-state index contributed by atoms with van der Waals surface area (Å²) in [7, 11) is 0. The van der Waals surface area contributed by atoms with Gasteiger partial charge >= 0.3 is 0 Å². The predicted molar refractivity (Wildman–Crippen MR) is 68.2 cm³/mol. The Morgan fingerprint density at radius 1 is 1.32 bits per heavy atom. The third-order valence-corrected chi connectivity index (χ3v) is 4.06. The second kappa shape index (κ2) is 4.68. The monoisotopic (exact) mass is 262 g/mol. The number of hydrogen-bond acceptors (Lipinski definition) is 3. The van der Waals surface area contributed by atoms with Crippen molar-refractivity contribution < 1.29 is 9.59 Å². The lowest BCUT2D eigenvalue weighted by Crippen LogP contribution is -2.57. The molecule has 0 unspecified atom stereocenters. The number of nitrogens with zero attached hydrogens (tertiary/aromatic N) is 3. The van der Waals surface area contributed by atoms with Crippen molar-refractivity contribution in [1.82, 2.24) is 20.0 Å². The van der Waals surface area contributed by atoms with E-state index in [1.54, 1.807) is 11.1 Å². The minimum Gasteiger partial charge on any atom is -0.353 e. The Kier molecular flexibility index (Phi) is 3.00. The highest BCUT2D eigenvalue weighted by Crippen LogP contribution is 2.31. The van der Waals surface area contributed by atoms with Crippen LogP contribution in [0, 0.1) is 5.92 Å². The number of rotatable bonds is 3. The summed E-state index contributed by atoms with van der Waals surface area (Å²) in [5, 5.41) is 7.26. The molecule has 6 heteroatoms. The molecule has 1 aromatic heterocycles. The molecular formula is C13H18N4O2. The van der Waals surface area contributed by atoms with Crippen LogP contribution in [0.3, 0.4) is 0 Å². The number of likely N-dealkylation sites (tertiary alicyclic amines) is 1. The van der Waals surface area contributed by atoms with Crippen LogP contribution < -0.4 is 5.32 Å². The maximum Gasteiger partial charge on any atom is 0.226 e. The van der Waals surface area contributed by atoms with Crippen molar-refractivity contribution in [2.75, 3.05) is 13.1 Å². The van der Waals surface area contributed by atoms with Crippen LogP contribution in [-0.4, -0.2) is 45.6 Å². The van der Waals surface area contributed by atoms with E-state index in [2.05, 4.69) is 10.4 Å². The van der Waals surface area contributed by atoms with Gasteiger partial charge in [0.25, 0.3) is 0 Å². The standard InChI is InChI=1S/C13H18N4O2/c1-9(18)16-7-10(8-16)13(19)15-11-5-12(6-11)17-4-2-3-14-17/h2-4,10-12H,5-8H2,1H3,(H,15,19). The molecule has 2 amide bonds. The van der Waals surface area contributed by atoms with Crippen molar-refractivity contribution in [3.05, 3.63) is 18.5 Å². The second-order valence-electron chi connectivity index (χ2n) is 5.44. The van der Waals surface area contributed by atoms with Crippen LogP contribution in [0.25, 0.3) is 0 Å². The Hall–Kier alpha value is -1.85. The molecule has 2 fully saturated rings. The number of aromatic nitrogens is 2. The van der Waals surface area contributed by atoms with Crippen LogP contribution in [0.5, 0.6) is 0 Å². The molecule has 3 rings (SSSR count). The van der Waals surface area contributed by atoms with Gasteiger partial charge in [-0.2, -0.15) is 5.10 Å². The zero-order chi connectivity index (χ0) is 13.4. The van der Waals surface area contributed by atoms with Crippen LogP contribution in [0.1, 0.15) is 25.8 Å². The summed E-state index contributed by atoms with van der Waals surface area (Å²) in [6.07, 6.45) is 5.61. The Morgan fingerprint density at radius 2 is 2.05 bits per heavy atom. The molecule has 0 radical (unpaired) electrons. The minimum atomic E-state index is -0.0207. The van der Waals surface area contributed by atoms with Crippen molar-refractivity contribution in [3.8, 4) is 0 Å². The highest BCUT2D eigenvalue weighted by Gasteiger charge is 2.38. The molecule has 1 aliphatic carbocycles. The average Bonchev–Trinajstić information content (AvgIpc) is 2.72. The van der Waals surface area contributed by atoms with E-state index >= 15 is 0 Å².